The van der Waals surface area contributed by atoms with Gasteiger partial charge in [-0.15, -0.1) is 6.58 Å². The molecule has 0 spiro atoms. The summed E-state index contributed by atoms with van der Waals surface area (Å²) in [7, 11) is 0. The van der Waals surface area contributed by atoms with Crippen LogP contribution in [0.5, 0.6) is 0 Å². The first-order valence-electron chi connectivity index (χ1n) is 9.07. The van der Waals surface area contributed by atoms with Crippen molar-refractivity contribution in [3.63, 3.8) is 0 Å². The number of nitrogens with zero attached hydrogens (tertiary/aromatic N) is 2. The van der Waals surface area contributed by atoms with Crippen molar-refractivity contribution < 1.29 is 4.79 Å². The molecule has 0 atom stereocenters. The molecule has 0 saturated carbocycles. The fraction of sp³-hybridized carbons (Fsp3) is 0.0870. The molecule has 0 radical (unpaired) electrons. The van der Waals surface area contributed by atoms with Crippen LogP contribution in [0.4, 0.5) is 5.69 Å². The van der Waals surface area contributed by atoms with Gasteiger partial charge in [-0.2, -0.15) is 0 Å². The van der Waals surface area contributed by atoms with Gasteiger partial charge in [0.1, 0.15) is 0 Å². The molecule has 4 rings (SSSR count). The first-order chi connectivity index (χ1) is 13.8. The zero-order chi connectivity index (χ0) is 19.3. The van der Waals surface area contributed by atoms with E-state index in [1.54, 1.807) is 24.0 Å². The van der Waals surface area contributed by atoms with Gasteiger partial charge in [0.05, 0.1) is 17.1 Å². The second-order valence-corrected chi connectivity index (χ2v) is 7.37. The average molecular weight is 385 g/mol. The molecule has 1 N–H and O–H groups in total. The van der Waals surface area contributed by atoms with E-state index >= 15 is 0 Å². The van der Waals surface area contributed by atoms with Crippen LogP contribution in [0.3, 0.4) is 0 Å². The molecule has 2 aromatic carbocycles. The van der Waals surface area contributed by atoms with Crippen LogP contribution in [0.25, 0.3) is 0 Å². The summed E-state index contributed by atoms with van der Waals surface area (Å²) in [5.41, 5.74) is 4.03. The normalized spacial score (nSPS) is 12.2. The van der Waals surface area contributed by atoms with Crippen molar-refractivity contribution in [2.24, 2.45) is 4.99 Å². The third-order valence-corrected chi connectivity index (χ3v) is 5.50. The summed E-state index contributed by atoms with van der Waals surface area (Å²) in [6.07, 6.45) is 4.29. The van der Waals surface area contributed by atoms with E-state index in [0.717, 1.165) is 38.9 Å². The number of carbonyl (C=O) groups is 1. The van der Waals surface area contributed by atoms with Crippen molar-refractivity contribution in [3.8, 4) is 0 Å². The Morgan fingerprint density at radius 3 is 2.75 bits per heavy atom. The van der Waals surface area contributed by atoms with E-state index < -0.39 is 0 Å². The zero-order valence-electron chi connectivity index (χ0n) is 15.3. The first-order valence-corrected chi connectivity index (χ1v) is 9.88. The van der Waals surface area contributed by atoms with E-state index in [4.69, 9.17) is 4.99 Å². The van der Waals surface area contributed by atoms with Gasteiger partial charge in [0, 0.05) is 33.7 Å². The molecule has 1 aromatic heterocycles. The summed E-state index contributed by atoms with van der Waals surface area (Å²) in [5.74, 6) is -0.106. The standard InChI is InChI=1S/C23H19N3OS/c1-2-3-13-25-23(27)16-11-12-21-19(15-16)26-22(18-9-6-7-14-24-18)17-8-4-5-10-20(17)28-21/h2,4-12,14-15H,1,3,13H2,(H,25,27). The number of amides is 1. The van der Waals surface area contributed by atoms with Crippen LogP contribution in [-0.2, 0) is 0 Å². The lowest BCUT2D eigenvalue weighted by Gasteiger charge is -2.07. The van der Waals surface area contributed by atoms with Gasteiger partial charge in [0.2, 0.25) is 0 Å². The number of aliphatic imine (C=N–C) groups is 1. The highest BCUT2D eigenvalue weighted by Gasteiger charge is 2.20. The van der Waals surface area contributed by atoms with Crippen LogP contribution in [0, 0.1) is 0 Å². The lowest BCUT2D eigenvalue weighted by atomic mass is 10.1. The lowest BCUT2D eigenvalue weighted by molar-refractivity contribution is 0.0954. The van der Waals surface area contributed by atoms with Crippen molar-refractivity contribution in [1.82, 2.24) is 10.3 Å². The minimum absolute atomic E-state index is 0.106. The number of carbonyl (C=O) groups excluding carboxylic acids is 1. The topological polar surface area (TPSA) is 54.4 Å². The molecular weight excluding hydrogens is 366 g/mol. The van der Waals surface area contributed by atoms with Crippen LogP contribution >= 0.6 is 11.8 Å². The van der Waals surface area contributed by atoms with E-state index in [1.165, 1.54) is 0 Å². The molecule has 0 saturated heterocycles. The Balaban J connectivity index is 1.78. The van der Waals surface area contributed by atoms with Gasteiger partial charge < -0.3 is 5.32 Å². The minimum Gasteiger partial charge on any atom is -0.352 e. The quantitative estimate of drug-likeness (QED) is 0.388. The number of rotatable bonds is 5. The molecule has 0 unspecified atom stereocenters. The van der Waals surface area contributed by atoms with Crippen LogP contribution < -0.4 is 5.32 Å². The monoisotopic (exact) mass is 385 g/mol. The molecule has 4 nitrogen and oxygen atoms in total. The third-order valence-electron chi connectivity index (χ3n) is 4.36. The highest BCUT2D eigenvalue weighted by atomic mass is 32.2. The first kappa shape index (κ1) is 18.2. The molecule has 1 aliphatic rings. The molecule has 28 heavy (non-hydrogen) atoms. The van der Waals surface area contributed by atoms with E-state index in [1.807, 2.05) is 48.5 Å². The van der Waals surface area contributed by atoms with Crippen molar-refractivity contribution in [3.05, 3.63) is 96.3 Å². The van der Waals surface area contributed by atoms with Crippen LogP contribution in [-0.4, -0.2) is 23.1 Å². The largest absolute Gasteiger partial charge is 0.352 e. The lowest BCUT2D eigenvalue weighted by Crippen LogP contribution is -2.23. The molecule has 3 aromatic rings. The Labute approximate surface area is 168 Å². The van der Waals surface area contributed by atoms with E-state index in [-0.39, 0.29) is 5.91 Å². The van der Waals surface area contributed by atoms with E-state index in [9.17, 15) is 4.79 Å². The zero-order valence-corrected chi connectivity index (χ0v) is 16.1. The molecule has 0 fully saturated rings. The maximum absolute atomic E-state index is 12.4. The Morgan fingerprint density at radius 1 is 1.07 bits per heavy atom. The van der Waals surface area contributed by atoms with E-state index in [0.29, 0.717) is 12.1 Å². The van der Waals surface area contributed by atoms with Crippen LogP contribution in [0.2, 0.25) is 0 Å². The second-order valence-electron chi connectivity index (χ2n) is 6.29. The van der Waals surface area contributed by atoms with Gasteiger partial charge in [0.25, 0.3) is 5.91 Å². The number of benzene rings is 2. The van der Waals surface area contributed by atoms with Crippen molar-refractivity contribution in [2.75, 3.05) is 6.54 Å². The van der Waals surface area contributed by atoms with Crippen molar-refractivity contribution in [1.29, 1.82) is 0 Å². The van der Waals surface area contributed by atoms with Gasteiger partial charge in [-0.25, -0.2) is 4.99 Å². The average Bonchev–Trinajstić information content (AvgIpc) is 2.90. The highest BCUT2D eigenvalue weighted by molar-refractivity contribution is 7.99. The molecule has 2 heterocycles. The van der Waals surface area contributed by atoms with Crippen LogP contribution in [0.15, 0.2) is 94.3 Å². The van der Waals surface area contributed by atoms with Gasteiger partial charge in [-0.1, -0.05) is 42.1 Å². The number of aromatic nitrogens is 1. The Morgan fingerprint density at radius 2 is 1.93 bits per heavy atom. The fourth-order valence-corrected chi connectivity index (χ4v) is 3.97. The Hall–Kier alpha value is -3.18. The molecule has 1 aliphatic heterocycles. The summed E-state index contributed by atoms with van der Waals surface area (Å²) >= 11 is 1.66. The Bertz CT molecular complexity index is 1060. The number of fused-ring (bicyclic) bond motifs is 2. The smallest absolute Gasteiger partial charge is 0.251 e. The predicted molar refractivity (Wildman–Crippen MR) is 114 cm³/mol. The second kappa shape index (κ2) is 8.23. The van der Waals surface area contributed by atoms with Gasteiger partial charge in [0.15, 0.2) is 0 Å². The molecule has 138 valence electrons. The minimum atomic E-state index is -0.106. The third kappa shape index (κ3) is 3.75. The van der Waals surface area contributed by atoms with Crippen LogP contribution in [0.1, 0.15) is 28.0 Å². The summed E-state index contributed by atoms with van der Waals surface area (Å²) in [6.45, 7) is 4.25. The summed E-state index contributed by atoms with van der Waals surface area (Å²) in [4.78, 5) is 24.0. The van der Waals surface area contributed by atoms with E-state index in [2.05, 4.69) is 29.0 Å². The summed E-state index contributed by atoms with van der Waals surface area (Å²) in [5, 5.41) is 2.90. The SMILES string of the molecule is C=CCCNC(=O)c1ccc2c(c1)N=C(c1ccccn1)c1ccccc1S2. The number of hydrogen-bond acceptors (Lipinski definition) is 4. The maximum Gasteiger partial charge on any atom is 0.251 e. The fourth-order valence-electron chi connectivity index (χ4n) is 2.97. The molecule has 1 amide bonds. The van der Waals surface area contributed by atoms with Gasteiger partial charge in [-0.05, 0) is 42.8 Å². The molecular formula is C23H19N3OS. The maximum atomic E-state index is 12.4. The molecule has 0 bridgehead atoms. The number of pyridine rings is 1. The predicted octanol–water partition coefficient (Wildman–Crippen LogP) is 5.02. The molecule has 0 aliphatic carbocycles. The van der Waals surface area contributed by atoms with Crippen molar-refractivity contribution in [2.45, 2.75) is 16.2 Å². The Kier molecular flexibility index (Phi) is 5.35. The van der Waals surface area contributed by atoms with Crippen molar-refractivity contribution >= 4 is 29.1 Å². The van der Waals surface area contributed by atoms with Gasteiger partial charge >= 0.3 is 0 Å². The number of hydrogen-bond donors (Lipinski definition) is 1. The highest BCUT2D eigenvalue weighted by Crippen LogP contribution is 2.41. The summed E-state index contributed by atoms with van der Waals surface area (Å²) < 4.78 is 0. The summed E-state index contributed by atoms with van der Waals surface area (Å²) in [6, 6.07) is 19.6. The van der Waals surface area contributed by atoms with Gasteiger partial charge in [-0.3, -0.25) is 9.78 Å². The molecule has 5 heteroatoms. The number of nitrogens with one attached hydrogen (secondary N) is 1.